The van der Waals surface area contributed by atoms with Crippen LogP contribution in [-0.2, 0) is 0 Å². The number of benzene rings is 1. The fraction of sp³-hybridized carbons (Fsp3) is 0.111. The molecule has 0 aromatic heterocycles. The van der Waals surface area contributed by atoms with E-state index in [1.165, 1.54) is 12.1 Å². The first kappa shape index (κ1) is 10.1. The molecule has 0 aliphatic rings. The highest BCUT2D eigenvalue weighted by Crippen LogP contribution is 2.26. The van der Waals surface area contributed by atoms with Crippen LogP contribution >= 0.6 is 0 Å². The number of nitriles is 1. The van der Waals surface area contributed by atoms with Crippen molar-refractivity contribution in [3.8, 4) is 6.07 Å². The first-order valence-corrected chi connectivity index (χ1v) is 3.62. The Morgan fingerprint density at radius 2 is 2.14 bits per heavy atom. The number of carboxylic acid groups (broad SMARTS) is 1. The van der Waals surface area contributed by atoms with Crippen LogP contribution in [0.25, 0.3) is 0 Å². The smallest absolute Gasteiger partial charge is 0.336 e. The second kappa shape index (κ2) is 3.83. The lowest BCUT2D eigenvalue weighted by Crippen LogP contribution is -2.04. The zero-order chi connectivity index (χ0) is 10.7. The molecule has 0 unspecified atom stereocenters. The molecule has 1 N–H and O–H groups in total. The second-order valence-electron chi connectivity index (χ2n) is 2.48. The van der Waals surface area contributed by atoms with Gasteiger partial charge in [0.25, 0.3) is 6.43 Å². The van der Waals surface area contributed by atoms with Gasteiger partial charge in [-0.2, -0.15) is 5.26 Å². The highest BCUT2D eigenvalue weighted by molar-refractivity contribution is 5.90. The van der Waals surface area contributed by atoms with Gasteiger partial charge in [0.2, 0.25) is 0 Å². The van der Waals surface area contributed by atoms with Crippen molar-refractivity contribution >= 4 is 5.97 Å². The third-order valence-corrected chi connectivity index (χ3v) is 1.68. The SMILES string of the molecule is N#Cc1cccc(C(=O)O)c1C(F)F. The highest BCUT2D eigenvalue weighted by Gasteiger charge is 2.21. The normalized spacial score (nSPS) is 9.86. The second-order valence-corrected chi connectivity index (χ2v) is 2.48. The molecule has 0 saturated carbocycles. The predicted molar refractivity (Wildman–Crippen MR) is 43.1 cm³/mol. The van der Waals surface area contributed by atoms with Gasteiger partial charge in [-0.15, -0.1) is 0 Å². The van der Waals surface area contributed by atoms with Crippen LogP contribution in [-0.4, -0.2) is 11.1 Å². The Hall–Kier alpha value is -1.96. The summed E-state index contributed by atoms with van der Waals surface area (Å²) in [5.41, 5.74) is -1.55. The summed E-state index contributed by atoms with van der Waals surface area (Å²) < 4.78 is 24.8. The Balaban J connectivity index is 3.45. The monoisotopic (exact) mass is 197 g/mol. The van der Waals surface area contributed by atoms with Gasteiger partial charge in [0, 0.05) is 5.56 Å². The first-order valence-electron chi connectivity index (χ1n) is 3.62. The Morgan fingerprint density at radius 3 is 2.57 bits per heavy atom. The molecule has 0 atom stereocenters. The molecular weight excluding hydrogens is 192 g/mol. The lowest BCUT2D eigenvalue weighted by atomic mass is 10.0. The van der Waals surface area contributed by atoms with Crippen molar-refractivity contribution in [3.05, 3.63) is 34.9 Å². The number of alkyl halides is 2. The fourth-order valence-electron chi connectivity index (χ4n) is 1.08. The van der Waals surface area contributed by atoms with E-state index in [4.69, 9.17) is 10.4 Å². The maximum absolute atomic E-state index is 12.4. The number of aromatic carboxylic acids is 1. The van der Waals surface area contributed by atoms with Crippen molar-refractivity contribution in [2.75, 3.05) is 0 Å². The van der Waals surface area contributed by atoms with E-state index in [2.05, 4.69) is 0 Å². The fourth-order valence-corrected chi connectivity index (χ4v) is 1.08. The van der Waals surface area contributed by atoms with Crippen LogP contribution in [0.3, 0.4) is 0 Å². The molecule has 14 heavy (non-hydrogen) atoms. The molecule has 0 aliphatic carbocycles. The van der Waals surface area contributed by atoms with Crippen LogP contribution < -0.4 is 0 Å². The van der Waals surface area contributed by atoms with Crippen molar-refractivity contribution in [1.29, 1.82) is 5.26 Å². The highest BCUT2D eigenvalue weighted by atomic mass is 19.3. The standard InChI is InChI=1S/C9H5F2NO2/c10-8(11)7-5(4-12)2-1-3-6(7)9(13)14/h1-3,8H,(H,13,14). The van der Waals surface area contributed by atoms with Crippen LogP contribution in [0.5, 0.6) is 0 Å². The van der Waals surface area contributed by atoms with Crippen molar-refractivity contribution in [2.24, 2.45) is 0 Å². The van der Waals surface area contributed by atoms with Gasteiger partial charge in [-0.05, 0) is 12.1 Å². The van der Waals surface area contributed by atoms with Crippen molar-refractivity contribution in [2.45, 2.75) is 6.43 Å². The number of hydrogen-bond acceptors (Lipinski definition) is 2. The van der Waals surface area contributed by atoms with Gasteiger partial charge in [-0.3, -0.25) is 0 Å². The van der Waals surface area contributed by atoms with E-state index >= 15 is 0 Å². The van der Waals surface area contributed by atoms with Crippen LogP contribution in [0.2, 0.25) is 0 Å². The van der Waals surface area contributed by atoms with Crippen LogP contribution in [0.15, 0.2) is 18.2 Å². The van der Waals surface area contributed by atoms with Crippen LogP contribution in [0.1, 0.15) is 27.9 Å². The molecular formula is C9H5F2NO2. The molecule has 1 aromatic carbocycles. The average molecular weight is 197 g/mol. The zero-order valence-corrected chi connectivity index (χ0v) is 6.87. The molecule has 0 heterocycles. The molecule has 0 radical (unpaired) electrons. The van der Waals surface area contributed by atoms with Crippen molar-refractivity contribution < 1.29 is 18.7 Å². The lowest BCUT2D eigenvalue weighted by molar-refractivity contribution is 0.0684. The predicted octanol–water partition coefficient (Wildman–Crippen LogP) is 2.19. The molecule has 0 bridgehead atoms. The summed E-state index contributed by atoms with van der Waals surface area (Å²) in [6.07, 6.45) is -2.96. The number of nitrogens with zero attached hydrogens (tertiary/aromatic N) is 1. The summed E-state index contributed by atoms with van der Waals surface area (Å²) in [6.45, 7) is 0. The molecule has 0 spiro atoms. The topological polar surface area (TPSA) is 61.1 Å². The summed E-state index contributed by atoms with van der Waals surface area (Å²) in [6, 6.07) is 4.99. The summed E-state index contributed by atoms with van der Waals surface area (Å²) in [5.74, 6) is -1.46. The van der Waals surface area contributed by atoms with Gasteiger partial charge in [0.05, 0.1) is 17.2 Å². The Kier molecular flexibility index (Phi) is 2.77. The molecule has 72 valence electrons. The van der Waals surface area contributed by atoms with Crippen LogP contribution in [0.4, 0.5) is 8.78 Å². The molecule has 0 fully saturated rings. The van der Waals surface area contributed by atoms with Gasteiger partial charge in [-0.1, -0.05) is 6.07 Å². The lowest BCUT2D eigenvalue weighted by Gasteiger charge is -2.05. The number of carboxylic acids is 1. The molecule has 0 aliphatic heterocycles. The summed E-state index contributed by atoms with van der Waals surface area (Å²) >= 11 is 0. The Bertz CT molecular complexity index is 410. The van der Waals surface area contributed by atoms with Gasteiger partial charge in [-0.25, -0.2) is 13.6 Å². The molecule has 3 nitrogen and oxygen atoms in total. The maximum atomic E-state index is 12.4. The minimum atomic E-state index is -2.96. The van der Waals surface area contributed by atoms with Gasteiger partial charge in [0.1, 0.15) is 0 Å². The minimum absolute atomic E-state index is 0.306. The van der Waals surface area contributed by atoms with E-state index in [-0.39, 0.29) is 5.56 Å². The van der Waals surface area contributed by atoms with Gasteiger partial charge < -0.3 is 5.11 Å². The van der Waals surface area contributed by atoms with Crippen LogP contribution in [0, 0.1) is 11.3 Å². The molecule has 0 saturated heterocycles. The molecule has 0 amide bonds. The summed E-state index contributed by atoms with van der Waals surface area (Å²) in [4.78, 5) is 10.6. The van der Waals surface area contributed by atoms with E-state index in [9.17, 15) is 13.6 Å². The molecule has 1 rings (SSSR count). The number of hydrogen-bond donors (Lipinski definition) is 1. The zero-order valence-electron chi connectivity index (χ0n) is 6.87. The summed E-state index contributed by atoms with van der Waals surface area (Å²) in [7, 11) is 0. The largest absolute Gasteiger partial charge is 0.478 e. The number of carbonyl (C=O) groups is 1. The van der Waals surface area contributed by atoms with Crippen molar-refractivity contribution in [3.63, 3.8) is 0 Å². The van der Waals surface area contributed by atoms with E-state index in [0.717, 1.165) is 12.1 Å². The van der Waals surface area contributed by atoms with E-state index in [0.29, 0.717) is 0 Å². The summed E-state index contributed by atoms with van der Waals surface area (Å²) in [5, 5.41) is 17.1. The van der Waals surface area contributed by atoms with E-state index < -0.39 is 23.5 Å². The molecule has 1 aromatic rings. The van der Waals surface area contributed by atoms with Crippen molar-refractivity contribution in [1.82, 2.24) is 0 Å². The first-order chi connectivity index (χ1) is 6.57. The quantitative estimate of drug-likeness (QED) is 0.790. The average Bonchev–Trinajstić information content (AvgIpc) is 2.16. The molecule has 5 heteroatoms. The van der Waals surface area contributed by atoms with Gasteiger partial charge >= 0.3 is 5.97 Å². The van der Waals surface area contributed by atoms with E-state index in [1.807, 2.05) is 0 Å². The Morgan fingerprint density at radius 1 is 1.50 bits per heavy atom. The minimum Gasteiger partial charge on any atom is -0.478 e. The van der Waals surface area contributed by atoms with Gasteiger partial charge in [0.15, 0.2) is 0 Å². The van der Waals surface area contributed by atoms with E-state index in [1.54, 1.807) is 0 Å². The third kappa shape index (κ3) is 1.69. The number of rotatable bonds is 2. The Labute approximate surface area is 78.2 Å². The number of halogens is 2. The maximum Gasteiger partial charge on any atom is 0.336 e. The third-order valence-electron chi connectivity index (χ3n) is 1.68.